The predicted octanol–water partition coefficient (Wildman–Crippen LogP) is 2.09. The Hall–Kier alpha value is -0.237. The first-order chi connectivity index (χ1) is 7.68. The molecule has 0 aliphatic carbocycles. The van der Waals surface area contributed by atoms with E-state index in [9.17, 15) is 0 Å². The molecule has 1 aliphatic rings. The van der Waals surface area contributed by atoms with Crippen molar-refractivity contribution in [2.45, 2.75) is 44.2 Å². The largest absolute Gasteiger partial charge is 0.324 e. The summed E-state index contributed by atoms with van der Waals surface area (Å²) >= 11 is 0. The number of hydrogen-bond acceptors (Lipinski definition) is 2. The number of benzene rings is 1. The van der Waals surface area contributed by atoms with Gasteiger partial charge in [0.05, 0.1) is 0 Å². The van der Waals surface area contributed by atoms with E-state index in [4.69, 9.17) is 5.73 Å². The maximum atomic E-state index is 6.46. The standard InChI is InChI=1S/C14H22N2.Zn/c1-14(15,13-9-5-6-10-16-13)11-12-7-3-2-4-8-12;/h2-4,7-8,13,16H,5-6,9-11,15H2,1H3;. The second-order valence-electron chi connectivity index (χ2n) is 5.17. The Balaban J connectivity index is 0.00000144. The van der Waals surface area contributed by atoms with Gasteiger partial charge in [-0.1, -0.05) is 36.8 Å². The van der Waals surface area contributed by atoms with Crippen LogP contribution in [0.15, 0.2) is 30.3 Å². The van der Waals surface area contributed by atoms with Crippen LogP contribution in [0.4, 0.5) is 0 Å². The van der Waals surface area contributed by atoms with Crippen LogP contribution in [0.1, 0.15) is 31.7 Å². The van der Waals surface area contributed by atoms with Gasteiger partial charge in [-0.15, -0.1) is 0 Å². The number of nitrogens with two attached hydrogens (primary N) is 1. The van der Waals surface area contributed by atoms with Crippen LogP contribution in [0.5, 0.6) is 0 Å². The fraction of sp³-hybridized carbons (Fsp3) is 0.571. The summed E-state index contributed by atoms with van der Waals surface area (Å²) < 4.78 is 0. The molecule has 0 amide bonds. The fourth-order valence-electron chi connectivity index (χ4n) is 2.57. The van der Waals surface area contributed by atoms with Gasteiger partial charge in [0.2, 0.25) is 0 Å². The van der Waals surface area contributed by atoms with Crippen LogP contribution in [0.2, 0.25) is 0 Å². The second kappa shape index (κ2) is 6.63. The Kier molecular flexibility index (Phi) is 5.78. The topological polar surface area (TPSA) is 38.0 Å². The van der Waals surface area contributed by atoms with Crippen molar-refractivity contribution in [1.29, 1.82) is 0 Å². The third-order valence-corrected chi connectivity index (χ3v) is 3.53. The van der Waals surface area contributed by atoms with Gasteiger partial charge in [0.1, 0.15) is 0 Å². The molecule has 1 saturated heterocycles. The van der Waals surface area contributed by atoms with Crippen LogP contribution in [-0.2, 0) is 25.9 Å². The average molecular weight is 284 g/mol. The van der Waals surface area contributed by atoms with Crippen molar-refractivity contribution in [3.8, 4) is 0 Å². The van der Waals surface area contributed by atoms with Gasteiger partial charge in [-0.05, 0) is 38.3 Å². The monoisotopic (exact) mass is 282 g/mol. The third kappa shape index (κ3) is 4.17. The molecule has 1 aliphatic heterocycles. The van der Waals surface area contributed by atoms with Crippen LogP contribution < -0.4 is 11.1 Å². The van der Waals surface area contributed by atoms with Crippen molar-refractivity contribution in [2.75, 3.05) is 6.54 Å². The summed E-state index contributed by atoms with van der Waals surface area (Å²) in [6.07, 6.45) is 4.75. The van der Waals surface area contributed by atoms with Gasteiger partial charge in [-0.2, -0.15) is 0 Å². The number of hydrogen-bond donors (Lipinski definition) is 2. The number of nitrogens with one attached hydrogen (secondary N) is 1. The van der Waals surface area contributed by atoms with Crippen LogP contribution >= 0.6 is 0 Å². The summed E-state index contributed by atoms with van der Waals surface area (Å²) in [7, 11) is 0. The van der Waals surface area contributed by atoms with Crippen molar-refractivity contribution in [3.63, 3.8) is 0 Å². The van der Waals surface area contributed by atoms with E-state index in [1.807, 2.05) is 0 Å². The van der Waals surface area contributed by atoms with Crippen molar-refractivity contribution in [1.82, 2.24) is 5.32 Å². The Bertz CT molecular complexity index is 318. The molecule has 0 radical (unpaired) electrons. The van der Waals surface area contributed by atoms with E-state index in [-0.39, 0.29) is 25.0 Å². The molecule has 3 heteroatoms. The quantitative estimate of drug-likeness (QED) is 0.834. The summed E-state index contributed by atoms with van der Waals surface area (Å²) in [6, 6.07) is 11.0. The van der Waals surface area contributed by atoms with Crippen molar-refractivity contribution in [2.24, 2.45) is 5.73 Å². The number of piperidine rings is 1. The van der Waals surface area contributed by atoms with Crippen molar-refractivity contribution < 1.29 is 19.5 Å². The van der Waals surface area contributed by atoms with Crippen LogP contribution in [0, 0.1) is 0 Å². The molecule has 2 atom stereocenters. The van der Waals surface area contributed by atoms with E-state index in [2.05, 4.69) is 42.6 Å². The normalized spacial score (nSPS) is 23.5. The first kappa shape index (κ1) is 14.8. The molecule has 2 rings (SSSR count). The molecule has 1 aromatic rings. The second-order valence-corrected chi connectivity index (χ2v) is 5.17. The van der Waals surface area contributed by atoms with Gasteiger partial charge in [0, 0.05) is 31.1 Å². The summed E-state index contributed by atoms with van der Waals surface area (Å²) in [5.74, 6) is 0. The Morgan fingerprint density at radius 2 is 2.00 bits per heavy atom. The molecular formula is C14H22N2Zn. The number of rotatable bonds is 3. The smallest absolute Gasteiger partial charge is 0.0322 e. The van der Waals surface area contributed by atoms with E-state index in [0.717, 1.165) is 13.0 Å². The Morgan fingerprint density at radius 1 is 1.29 bits per heavy atom. The maximum Gasteiger partial charge on any atom is 0.0322 e. The first-order valence-corrected chi connectivity index (χ1v) is 6.25. The Morgan fingerprint density at radius 3 is 2.59 bits per heavy atom. The zero-order chi connectivity index (χ0) is 11.4. The molecular weight excluding hydrogens is 262 g/mol. The van der Waals surface area contributed by atoms with Gasteiger partial charge < -0.3 is 11.1 Å². The van der Waals surface area contributed by atoms with Crippen molar-refractivity contribution in [3.05, 3.63) is 35.9 Å². The zero-order valence-electron chi connectivity index (χ0n) is 10.8. The van der Waals surface area contributed by atoms with Gasteiger partial charge in [-0.3, -0.25) is 0 Å². The zero-order valence-corrected chi connectivity index (χ0v) is 13.8. The van der Waals surface area contributed by atoms with Crippen LogP contribution in [-0.4, -0.2) is 18.1 Å². The Labute approximate surface area is 117 Å². The molecule has 0 bridgehead atoms. The summed E-state index contributed by atoms with van der Waals surface area (Å²) in [5, 5.41) is 3.55. The molecule has 90 valence electrons. The minimum absolute atomic E-state index is 0. The van der Waals surface area contributed by atoms with E-state index in [1.165, 1.54) is 24.8 Å². The summed E-state index contributed by atoms with van der Waals surface area (Å²) in [6.45, 7) is 3.29. The minimum Gasteiger partial charge on any atom is -0.324 e. The summed E-state index contributed by atoms with van der Waals surface area (Å²) in [4.78, 5) is 0. The molecule has 0 saturated carbocycles. The first-order valence-electron chi connectivity index (χ1n) is 6.25. The van der Waals surface area contributed by atoms with Gasteiger partial charge in [-0.25, -0.2) is 0 Å². The van der Waals surface area contributed by atoms with Crippen molar-refractivity contribution >= 4 is 0 Å². The van der Waals surface area contributed by atoms with E-state index >= 15 is 0 Å². The third-order valence-electron chi connectivity index (χ3n) is 3.53. The molecule has 3 N–H and O–H groups in total. The molecule has 1 aromatic carbocycles. The van der Waals surface area contributed by atoms with Gasteiger partial charge >= 0.3 is 0 Å². The molecule has 2 unspecified atom stereocenters. The van der Waals surface area contributed by atoms with E-state index in [0.29, 0.717) is 6.04 Å². The fourth-order valence-corrected chi connectivity index (χ4v) is 2.57. The maximum absolute atomic E-state index is 6.46. The predicted molar refractivity (Wildman–Crippen MR) is 68.4 cm³/mol. The molecule has 17 heavy (non-hydrogen) atoms. The molecule has 1 fully saturated rings. The molecule has 0 spiro atoms. The molecule has 1 heterocycles. The minimum atomic E-state index is -0.137. The van der Waals surface area contributed by atoms with Gasteiger partial charge in [0.25, 0.3) is 0 Å². The van der Waals surface area contributed by atoms with Crippen LogP contribution in [0.25, 0.3) is 0 Å². The average Bonchev–Trinajstić information content (AvgIpc) is 2.31. The SMILES string of the molecule is CC(N)(Cc1ccccc1)C1CCCCN1.[Zn]. The van der Waals surface area contributed by atoms with Gasteiger partial charge in [0.15, 0.2) is 0 Å². The molecule has 0 aromatic heterocycles. The van der Waals surface area contributed by atoms with E-state index < -0.39 is 0 Å². The van der Waals surface area contributed by atoms with Crippen LogP contribution in [0.3, 0.4) is 0 Å². The summed E-state index contributed by atoms with van der Waals surface area (Å²) in [5.41, 5.74) is 7.66. The molecule has 2 nitrogen and oxygen atoms in total. The van der Waals surface area contributed by atoms with E-state index in [1.54, 1.807) is 0 Å².